The summed E-state index contributed by atoms with van der Waals surface area (Å²) in [6.07, 6.45) is 2.86. The van der Waals surface area contributed by atoms with Crippen molar-refractivity contribution in [3.63, 3.8) is 0 Å². The lowest BCUT2D eigenvalue weighted by Gasteiger charge is -2.13. The summed E-state index contributed by atoms with van der Waals surface area (Å²) in [6.45, 7) is 3.02. The van der Waals surface area contributed by atoms with Gasteiger partial charge in [0.15, 0.2) is 0 Å². The van der Waals surface area contributed by atoms with E-state index in [1.165, 1.54) is 5.56 Å². The second kappa shape index (κ2) is 6.66. The van der Waals surface area contributed by atoms with Gasteiger partial charge in [-0.15, -0.1) is 0 Å². The van der Waals surface area contributed by atoms with Crippen molar-refractivity contribution < 1.29 is 0 Å². The zero-order valence-corrected chi connectivity index (χ0v) is 12.0. The summed E-state index contributed by atoms with van der Waals surface area (Å²) >= 11 is 3.45. The summed E-state index contributed by atoms with van der Waals surface area (Å²) in [5, 5.41) is 3.49. The fourth-order valence-electron chi connectivity index (χ4n) is 1.83. The Morgan fingerprint density at radius 3 is 2.61 bits per heavy atom. The zero-order chi connectivity index (χ0) is 12.8. The lowest BCUT2D eigenvalue weighted by Crippen LogP contribution is -2.27. The number of nitrogens with one attached hydrogen (secondary N) is 1. The van der Waals surface area contributed by atoms with E-state index in [0.717, 1.165) is 23.1 Å². The lowest BCUT2D eigenvalue weighted by atomic mass is 10.1. The second-order valence-electron chi connectivity index (χ2n) is 4.43. The molecule has 0 bridgehead atoms. The molecule has 2 rings (SSSR count). The fraction of sp³-hybridized carbons (Fsp3) is 0.267. The number of hydrogen-bond donors (Lipinski definition) is 1. The highest BCUT2D eigenvalue weighted by Gasteiger charge is 2.03. The summed E-state index contributed by atoms with van der Waals surface area (Å²) in [7, 11) is 0. The Morgan fingerprint density at radius 1 is 1.17 bits per heavy atom. The van der Waals surface area contributed by atoms with Gasteiger partial charge in [-0.25, -0.2) is 0 Å². The average Bonchev–Trinajstić information content (AvgIpc) is 2.40. The Kier molecular flexibility index (Phi) is 4.90. The van der Waals surface area contributed by atoms with Crippen LogP contribution in [-0.2, 0) is 13.0 Å². The van der Waals surface area contributed by atoms with Crippen LogP contribution < -0.4 is 5.32 Å². The second-order valence-corrected chi connectivity index (χ2v) is 5.35. The number of aromatic nitrogens is 1. The molecule has 2 aromatic rings. The molecular weight excluding hydrogens is 288 g/mol. The first-order valence-electron chi connectivity index (χ1n) is 6.12. The van der Waals surface area contributed by atoms with E-state index in [1.54, 1.807) is 0 Å². The minimum absolute atomic E-state index is 0.438. The van der Waals surface area contributed by atoms with Crippen molar-refractivity contribution in [3.05, 3.63) is 64.4 Å². The van der Waals surface area contributed by atoms with Crippen LogP contribution in [0.3, 0.4) is 0 Å². The maximum absolute atomic E-state index is 4.30. The molecule has 0 saturated carbocycles. The molecule has 0 saturated heterocycles. The van der Waals surface area contributed by atoms with E-state index in [2.05, 4.69) is 57.4 Å². The van der Waals surface area contributed by atoms with Crippen molar-refractivity contribution in [3.8, 4) is 0 Å². The maximum Gasteiger partial charge on any atom is 0.0541 e. The Balaban J connectivity index is 1.82. The highest BCUT2D eigenvalue weighted by atomic mass is 79.9. The smallest absolute Gasteiger partial charge is 0.0541 e. The SMILES string of the molecule is CC(Cc1ccc(Br)cc1)NCc1ccccn1. The number of rotatable bonds is 5. The van der Waals surface area contributed by atoms with Crippen molar-refractivity contribution in [1.29, 1.82) is 0 Å². The van der Waals surface area contributed by atoms with Gasteiger partial charge in [-0.1, -0.05) is 34.1 Å². The summed E-state index contributed by atoms with van der Waals surface area (Å²) < 4.78 is 1.13. The van der Waals surface area contributed by atoms with Crippen LogP contribution in [0, 0.1) is 0 Å². The normalized spacial score (nSPS) is 12.3. The molecule has 0 amide bonds. The van der Waals surface area contributed by atoms with E-state index in [-0.39, 0.29) is 0 Å². The Labute approximate surface area is 117 Å². The van der Waals surface area contributed by atoms with E-state index >= 15 is 0 Å². The van der Waals surface area contributed by atoms with Gasteiger partial charge in [0, 0.05) is 23.3 Å². The molecule has 0 spiro atoms. The van der Waals surface area contributed by atoms with Crippen molar-refractivity contribution in [2.75, 3.05) is 0 Å². The quantitative estimate of drug-likeness (QED) is 0.913. The minimum Gasteiger partial charge on any atom is -0.308 e. The number of nitrogens with zero attached hydrogens (tertiary/aromatic N) is 1. The van der Waals surface area contributed by atoms with E-state index in [9.17, 15) is 0 Å². The molecule has 1 aromatic carbocycles. The van der Waals surface area contributed by atoms with Gasteiger partial charge < -0.3 is 5.32 Å². The first-order valence-corrected chi connectivity index (χ1v) is 6.91. The van der Waals surface area contributed by atoms with Gasteiger partial charge in [-0.05, 0) is 43.2 Å². The summed E-state index contributed by atoms with van der Waals surface area (Å²) in [6, 6.07) is 14.9. The minimum atomic E-state index is 0.438. The van der Waals surface area contributed by atoms with E-state index < -0.39 is 0 Å². The fourth-order valence-corrected chi connectivity index (χ4v) is 2.09. The van der Waals surface area contributed by atoms with Crippen LogP contribution >= 0.6 is 15.9 Å². The molecule has 3 heteroatoms. The topological polar surface area (TPSA) is 24.9 Å². The average molecular weight is 305 g/mol. The molecule has 0 radical (unpaired) electrons. The predicted octanol–water partition coefficient (Wildman–Crippen LogP) is 3.56. The van der Waals surface area contributed by atoms with Gasteiger partial charge in [0.25, 0.3) is 0 Å². The van der Waals surface area contributed by atoms with E-state index in [4.69, 9.17) is 0 Å². The maximum atomic E-state index is 4.30. The molecule has 0 aliphatic rings. The van der Waals surface area contributed by atoms with Crippen LogP contribution in [0.25, 0.3) is 0 Å². The van der Waals surface area contributed by atoms with Crippen molar-refractivity contribution in [2.24, 2.45) is 0 Å². The molecule has 1 unspecified atom stereocenters. The largest absolute Gasteiger partial charge is 0.308 e. The number of hydrogen-bond acceptors (Lipinski definition) is 2. The van der Waals surface area contributed by atoms with Crippen molar-refractivity contribution >= 4 is 15.9 Å². The molecule has 18 heavy (non-hydrogen) atoms. The highest BCUT2D eigenvalue weighted by molar-refractivity contribution is 9.10. The van der Waals surface area contributed by atoms with Crippen LogP contribution in [0.2, 0.25) is 0 Å². The molecule has 1 atom stereocenters. The van der Waals surface area contributed by atoms with Crippen LogP contribution in [-0.4, -0.2) is 11.0 Å². The van der Waals surface area contributed by atoms with E-state index in [0.29, 0.717) is 6.04 Å². The molecule has 1 N–H and O–H groups in total. The molecule has 0 fully saturated rings. The monoisotopic (exact) mass is 304 g/mol. The standard InChI is InChI=1S/C15H17BrN2/c1-12(10-13-5-7-14(16)8-6-13)18-11-15-4-2-3-9-17-15/h2-9,12,18H,10-11H2,1H3. The first kappa shape index (κ1) is 13.2. The molecule has 0 aliphatic carbocycles. The Hall–Kier alpha value is -1.19. The van der Waals surface area contributed by atoms with Crippen LogP contribution in [0.15, 0.2) is 53.1 Å². The number of benzene rings is 1. The third-order valence-electron chi connectivity index (χ3n) is 2.81. The molecule has 2 nitrogen and oxygen atoms in total. The lowest BCUT2D eigenvalue weighted by molar-refractivity contribution is 0.540. The summed E-state index contributed by atoms with van der Waals surface area (Å²) in [5.41, 5.74) is 2.43. The number of pyridine rings is 1. The van der Waals surface area contributed by atoms with Crippen LogP contribution in [0.5, 0.6) is 0 Å². The molecule has 1 aromatic heterocycles. The number of halogens is 1. The third-order valence-corrected chi connectivity index (χ3v) is 3.34. The van der Waals surface area contributed by atoms with Gasteiger partial charge in [0.2, 0.25) is 0 Å². The highest BCUT2D eigenvalue weighted by Crippen LogP contribution is 2.11. The van der Waals surface area contributed by atoms with Crippen LogP contribution in [0.4, 0.5) is 0 Å². The first-order chi connectivity index (χ1) is 8.74. The molecule has 0 aliphatic heterocycles. The summed E-state index contributed by atoms with van der Waals surface area (Å²) in [5.74, 6) is 0. The Bertz CT molecular complexity index is 468. The Morgan fingerprint density at radius 2 is 1.94 bits per heavy atom. The molecular formula is C15H17BrN2. The van der Waals surface area contributed by atoms with Gasteiger partial charge >= 0.3 is 0 Å². The van der Waals surface area contributed by atoms with Gasteiger partial charge in [-0.3, -0.25) is 4.98 Å². The van der Waals surface area contributed by atoms with Gasteiger partial charge in [0.05, 0.1) is 5.69 Å². The van der Waals surface area contributed by atoms with Crippen molar-refractivity contribution in [1.82, 2.24) is 10.3 Å². The zero-order valence-electron chi connectivity index (χ0n) is 10.4. The predicted molar refractivity (Wildman–Crippen MR) is 78.4 cm³/mol. The van der Waals surface area contributed by atoms with Crippen molar-refractivity contribution in [2.45, 2.75) is 25.9 Å². The summed E-state index contributed by atoms with van der Waals surface area (Å²) in [4.78, 5) is 4.30. The molecule has 94 valence electrons. The molecule has 1 heterocycles. The van der Waals surface area contributed by atoms with Gasteiger partial charge in [-0.2, -0.15) is 0 Å². The van der Waals surface area contributed by atoms with Crippen LogP contribution in [0.1, 0.15) is 18.2 Å². The van der Waals surface area contributed by atoms with Gasteiger partial charge in [0.1, 0.15) is 0 Å². The van der Waals surface area contributed by atoms with E-state index in [1.807, 2.05) is 24.4 Å². The third kappa shape index (κ3) is 4.24.